The lowest BCUT2D eigenvalue weighted by molar-refractivity contribution is 0.0601. The minimum atomic E-state index is -0.310. The van der Waals surface area contributed by atoms with Gasteiger partial charge in [0, 0.05) is 34.9 Å². The second kappa shape index (κ2) is 7.79. The number of hydrogen-bond donors (Lipinski definition) is 1. The second-order valence-electron chi connectivity index (χ2n) is 6.45. The number of nitrogens with one attached hydrogen (secondary N) is 1. The van der Waals surface area contributed by atoms with Gasteiger partial charge in [-0.3, -0.25) is 0 Å². The molecule has 126 valence electrons. The predicted molar refractivity (Wildman–Crippen MR) is 98.9 cm³/mol. The largest absolute Gasteiger partial charge is 0.465 e. The molecule has 1 aromatic heterocycles. The van der Waals surface area contributed by atoms with E-state index in [9.17, 15) is 4.79 Å². The van der Waals surface area contributed by atoms with Gasteiger partial charge in [0.25, 0.3) is 0 Å². The van der Waals surface area contributed by atoms with Crippen molar-refractivity contribution in [2.45, 2.75) is 50.6 Å². The van der Waals surface area contributed by atoms with E-state index in [0.29, 0.717) is 17.6 Å². The van der Waals surface area contributed by atoms with E-state index in [1.807, 2.05) is 12.3 Å². The highest BCUT2D eigenvalue weighted by Gasteiger charge is 2.29. The van der Waals surface area contributed by atoms with Crippen molar-refractivity contribution in [2.75, 3.05) is 25.1 Å². The molecular weight excluding hydrogens is 405 g/mol. The molecule has 2 aliphatic rings. The summed E-state index contributed by atoms with van der Waals surface area (Å²) in [7, 11) is 1.42. The van der Waals surface area contributed by atoms with Gasteiger partial charge in [-0.05, 0) is 47.9 Å². The summed E-state index contributed by atoms with van der Waals surface area (Å²) in [6.07, 6.45) is 9.58. The first-order valence-electron chi connectivity index (χ1n) is 8.42. The highest BCUT2D eigenvalue weighted by Crippen LogP contribution is 2.26. The third-order valence-electron chi connectivity index (χ3n) is 4.80. The average Bonchev–Trinajstić information content (AvgIpc) is 3.03. The molecule has 1 atom stereocenters. The first-order chi connectivity index (χ1) is 11.2. The van der Waals surface area contributed by atoms with Crippen LogP contribution in [0.3, 0.4) is 0 Å². The third-order valence-corrected chi connectivity index (χ3v) is 5.39. The normalized spacial score (nSPS) is 22.3. The van der Waals surface area contributed by atoms with Crippen LogP contribution in [0.2, 0.25) is 0 Å². The molecule has 0 aromatic carbocycles. The zero-order valence-electron chi connectivity index (χ0n) is 13.6. The SMILES string of the molecule is COC(=O)c1cc(I)cnc1N1CCC(NC2CCCCC2)C1. The Hall–Kier alpha value is -0.890. The van der Waals surface area contributed by atoms with Gasteiger partial charge in [-0.25, -0.2) is 9.78 Å². The molecule has 6 heteroatoms. The van der Waals surface area contributed by atoms with E-state index in [-0.39, 0.29) is 5.97 Å². The fourth-order valence-electron chi connectivity index (χ4n) is 3.64. The number of rotatable bonds is 4. The minimum Gasteiger partial charge on any atom is -0.465 e. The molecule has 2 fully saturated rings. The highest BCUT2D eigenvalue weighted by molar-refractivity contribution is 14.1. The smallest absolute Gasteiger partial charge is 0.341 e. The lowest BCUT2D eigenvalue weighted by Gasteiger charge is -2.27. The van der Waals surface area contributed by atoms with E-state index >= 15 is 0 Å². The van der Waals surface area contributed by atoms with E-state index in [4.69, 9.17) is 4.74 Å². The fraction of sp³-hybridized carbons (Fsp3) is 0.647. The van der Waals surface area contributed by atoms with Gasteiger partial charge in [0.15, 0.2) is 0 Å². The van der Waals surface area contributed by atoms with Crippen molar-refractivity contribution in [3.8, 4) is 0 Å². The number of anilines is 1. The van der Waals surface area contributed by atoms with Crippen molar-refractivity contribution in [2.24, 2.45) is 0 Å². The monoisotopic (exact) mass is 429 g/mol. The number of ether oxygens (including phenoxy) is 1. The van der Waals surface area contributed by atoms with Crippen molar-refractivity contribution >= 4 is 34.4 Å². The van der Waals surface area contributed by atoms with Gasteiger partial charge in [-0.2, -0.15) is 0 Å². The molecule has 1 N–H and O–H groups in total. The zero-order valence-corrected chi connectivity index (χ0v) is 15.7. The number of pyridine rings is 1. The van der Waals surface area contributed by atoms with Crippen LogP contribution >= 0.6 is 22.6 Å². The quantitative estimate of drug-likeness (QED) is 0.589. The number of aromatic nitrogens is 1. The first-order valence-corrected chi connectivity index (χ1v) is 9.50. The summed E-state index contributed by atoms with van der Waals surface area (Å²) >= 11 is 2.17. The maximum atomic E-state index is 12.0. The number of carbonyl (C=O) groups is 1. The summed E-state index contributed by atoms with van der Waals surface area (Å²) in [5, 5.41) is 3.80. The van der Waals surface area contributed by atoms with E-state index in [0.717, 1.165) is 28.9 Å². The molecule has 3 rings (SSSR count). The Bertz CT molecular complexity index is 561. The number of halogens is 1. The maximum absolute atomic E-state index is 12.0. The molecule has 0 amide bonds. The third kappa shape index (κ3) is 4.15. The molecule has 5 nitrogen and oxygen atoms in total. The van der Waals surface area contributed by atoms with Gasteiger partial charge < -0.3 is 15.0 Å². The van der Waals surface area contributed by atoms with Crippen LogP contribution < -0.4 is 10.2 Å². The van der Waals surface area contributed by atoms with Crippen LogP contribution in [0.1, 0.15) is 48.9 Å². The van der Waals surface area contributed by atoms with Crippen molar-refractivity contribution < 1.29 is 9.53 Å². The Morgan fingerprint density at radius 1 is 1.30 bits per heavy atom. The standard InChI is InChI=1S/C17H24IN3O2/c1-23-17(22)15-9-12(18)10-19-16(15)21-8-7-14(11-21)20-13-5-3-2-4-6-13/h9-10,13-14,20H,2-8,11H2,1H3. The first kappa shape index (κ1) is 17.0. The van der Waals surface area contributed by atoms with E-state index in [1.54, 1.807) is 0 Å². The van der Waals surface area contributed by atoms with Crippen LogP contribution in [0.25, 0.3) is 0 Å². The average molecular weight is 429 g/mol. The van der Waals surface area contributed by atoms with E-state index in [2.05, 4.69) is 37.8 Å². The molecule has 0 bridgehead atoms. The van der Waals surface area contributed by atoms with E-state index in [1.165, 1.54) is 39.2 Å². The van der Waals surface area contributed by atoms with Crippen molar-refractivity contribution in [1.29, 1.82) is 0 Å². The highest BCUT2D eigenvalue weighted by atomic mass is 127. The lowest BCUT2D eigenvalue weighted by Crippen LogP contribution is -2.41. The molecule has 1 aliphatic heterocycles. The molecular formula is C17H24IN3O2. The van der Waals surface area contributed by atoms with Crippen molar-refractivity contribution in [3.05, 3.63) is 21.4 Å². The second-order valence-corrected chi connectivity index (χ2v) is 7.70. The van der Waals surface area contributed by atoms with Gasteiger partial charge in [-0.15, -0.1) is 0 Å². The van der Waals surface area contributed by atoms with Crippen LogP contribution in [0.4, 0.5) is 5.82 Å². The topological polar surface area (TPSA) is 54.5 Å². The van der Waals surface area contributed by atoms with Gasteiger partial charge in [0.2, 0.25) is 0 Å². The Kier molecular flexibility index (Phi) is 5.74. The predicted octanol–water partition coefficient (Wildman–Crippen LogP) is 2.97. The number of esters is 1. The number of carbonyl (C=O) groups excluding carboxylic acids is 1. The summed E-state index contributed by atoms with van der Waals surface area (Å²) in [6, 6.07) is 3.01. The molecule has 2 heterocycles. The molecule has 0 spiro atoms. The lowest BCUT2D eigenvalue weighted by atomic mass is 9.95. The minimum absolute atomic E-state index is 0.310. The van der Waals surface area contributed by atoms with Crippen LogP contribution in [0.15, 0.2) is 12.3 Å². The fourth-order valence-corrected chi connectivity index (χ4v) is 4.09. The van der Waals surface area contributed by atoms with Gasteiger partial charge in [0.05, 0.1) is 7.11 Å². The summed E-state index contributed by atoms with van der Waals surface area (Å²) < 4.78 is 5.86. The van der Waals surface area contributed by atoms with Gasteiger partial charge in [0.1, 0.15) is 11.4 Å². The Balaban J connectivity index is 1.67. The number of nitrogens with zero attached hydrogens (tertiary/aromatic N) is 2. The molecule has 1 saturated carbocycles. The molecule has 1 saturated heterocycles. The van der Waals surface area contributed by atoms with Crippen LogP contribution in [0.5, 0.6) is 0 Å². The maximum Gasteiger partial charge on any atom is 0.341 e. The zero-order chi connectivity index (χ0) is 16.2. The summed E-state index contributed by atoms with van der Waals surface area (Å²) in [5.41, 5.74) is 0.567. The molecule has 23 heavy (non-hydrogen) atoms. The Morgan fingerprint density at radius 2 is 2.09 bits per heavy atom. The van der Waals surface area contributed by atoms with Crippen LogP contribution in [-0.4, -0.2) is 43.2 Å². The number of hydrogen-bond acceptors (Lipinski definition) is 5. The summed E-state index contributed by atoms with van der Waals surface area (Å²) in [6.45, 7) is 1.84. The van der Waals surface area contributed by atoms with Crippen molar-refractivity contribution in [1.82, 2.24) is 10.3 Å². The molecule has 0 radical (unpaired) electrons. The molecule has 1 aromatic rings. The molecule has 1 unspecified atom stereocenters. The Morgan fingerprint density at radius 3 is 2.83 bits per heavy atom. The summed E-state index contributed by atoms with van der Waals surface area (Å²) in [5.74, 6) is 0.444. The van der Waals surface area contributed by atoms with Crippen LogP contribution in [0, 0.1) is 3.57 Å². The van der Waals surface area contributed by atoms with Crippen LogP contribution in [-0.2, 0) is 4.74 Å². The summed E-state index contributed by atoms with van der Waals surface area (Å²) in [4.78, 5) is 18.7. The molecule has 1 aliphatic carbocycles. The van der Waals surface area contributed by atoms with Gasteiger partial charge >= 0.3 is 5.97 Å². The van der Waals surface area contributed by atoms with Crippen molar-refractivity contribution in [3.63, 3.8) is 0 Å². The number of methoxy groups -OCH3 is 1. The Labute approximate surface area is 151 Å². The van der Waals surface area contributed by atoms with Gasteiger partial charge in [-0.1, -0.05) is 19.3 Å². The van der Waals surface area contributed by atoms with E-state index < -0.39 is 0 Å².